The summed E-state index contributed by atoms with van der Waals surface area (Å²) in [4.78, 5) is 15.5. The van der Waals surface area contributed by atoms with Gasteiger partial charge in [-0.05, 0) is 19.1 Å². The van der Waals surface area contributed by atoms with Crippen molar-refractivity contribution in [2.75, 3.05) is 5.32 Å². The van der Waals surface area contributed by atoms with E-state index < -0.39 is 5.91 Å². The van der Waals surface area contributed by atoms with Crippen LogP contribution in [0.4, 0.5) is 6.01 Å². The van der Waals surface area contributed by atoms with Crippen LogP contribution in [0.1, 0.15) is 16.2 Å². The summed E-state index contributed by atoms with van der Waals surface area (Å²) < 4.78 is 4.96. The van der Waals surface area contributed by atoms with Gasteiger partial charge < -0.3 is 4.42 Å². The molecule has 0 aliphatic heterocycles. The number of aryl methyl sites for hydroxylation is 1. The van der Waals surface area contributed by atoms with Gasteiger partial charge in [0.2, 0.25) is 0 Å². The van der Waals surface area contributed by atoms with Crippen LogP contribution < -0.4 is 5.32 Å². The SMILES string of the molecule is Cc1coc(NC(=O)c2ccc(Cl)nn2)n1. The van der Waals surface area contributed by atoms with E-state index in [-0.39, 0.29) is 16.9 Å². The van der Waals surface area contributed by atoms with Crippen molar-refractivity contribution in [3.63, 3.8) is 0 Å². The molecule has 0 aliphatic carbocycles. The Balaban J connectivity index is 2.11. The Kier molecular flexibility index (Phi) is 2.82. The zero-order chi connectivity index (χ0) is 11.5. The van der Waals surface area contributed by atoms with Crippen molar-refractivity contribution in [3.8, 4) is 0 Å². The molecule has 0 aromatic carbocycles. The lowest BCUT2D eigenvalue weighted by Crippen LogP contribution is -2.14. The molecule has 1 N–H and O–H groups in total. The summed E-state index contributed by atoms with van der Waals surface area (Å²) >= 11 is 5.54. The zero-order valence-corrected chi connectivity index (χ0v) is 9.02. The van der Waals surface area contributed by atoms with E-state index >= 15 is 0 Å². The topological polar surface area (TPSA) is 80.9 Å². The van der Waals surface area contributed by atoms with Crippen molar-refractivity contribution < 1.29 is 9.21 Å². The highest BCUT2D eigenvalue weighted by atomic mass is 35.5. The van der Waals surface area contributed by atoms with Gasteiger partial charge in [0.25, 0.3) is 5.91 Å². The summed E-state index contributed by atoms with van der Waals surface area (Å²) in [5, 5.41) is 9.83. The molecule has 0 fully saturated rings. The molecule has 2 aromatic rings. The second-order valence-electron chi connectivity index (χ2n) is 2.99. The van der Waals surface area contributed by atoms with Gasteiger partial charge in [0, 0.05) is 0 Å². The molecule has 0 atom stereocenters. The first-order valence-electron chi connectivity index (χ1n) is 4.38. The molecule has 2 rings (SSSR count). The molecule has 2 aromatic heterocycles. The van der Waals surface area contributed by atoms with E-state index in [0.717, 1.165) is 0 Å². The number of anilines is 1. The first-order valence-corrected chi connectivity index (χ1v) is 4.75. The fourth-order valence-corrected chi connectivity index (χ4v) is 1.11. The van der Waals surface area contributed by atoms with E-state index in [2.05, 4.69) is 20.5 Å². The van der Waals surface area contributed by atoms with Crippen molar-refractivity contribution in [3.05, 3.63) is 34.9 Å². The Morgan fingerprint density at radius 3 is 2.81 bits per heavy atom. The average molecular weight is 239 g/mol. The maximum atomic E-state index is 11.6. The van der Waals surface area contributed by atoms with Crippen molar-refractivity contribution in [2.45, 2.75) is 6.92 Å². The molecule has 0 bridgehead atoms. The summed E-state index contributed by atoms with van der Waals surface area (Å²) in [7, 11) is 0. The molecular weight excluding hydrogens is 232 g/mol. The molecule has 16 heavy (non-hydrogen) atoms. The number of hydrogen-bond acceptors (Lipinski definition) is 5. The van der Waals surface area contributed by atoms with E-state index in [0.29, 0.717) is 5.69 Å². The highest BCUT2D eigenvalue weighted by molar-refractivity contribution is 6.29. The van der Waals surface area contributed by atoms with Crippen molar-refractivity contribution >= 4 is 23.5 Å². The third kappa shape index (κ3) is 2.34. The molecule has 0 saturated heterocycles. The summed E-state index contributed by atoms with van der Waals surface area (Å²) in [6, 6.07) is 3.06. The monoisotopic (exact) mass is 238 g/mol. The number of carbonyl (C=O) groups is 1. The molecule has 0 unspecified atom stereocenters. The van der Waals surface area contributed by atoms with E-state index in [4.69, 9.17) is 16.0 Å². The molecule has 6 nitrogen and oxygen atoms in total. The maximum Gasteiger partial charge on any atom is 0.301 e. The van der Waals surface area contributed by atoms with Crippen molar-refractivity contribution in [1.29, 1.82) is 0 Å². The van der Waals surface area contributed by atoms with E-state index in [1.54, 1.807) is 6.92 Å². The number of nitrogens with zero attached hydrogens (tertiary/aromatic N) is 3. The van der Waals surface area contributed by atoms with E-state index in [9.17, 15) is 4.79 Å². The zero-order valence-electron chi connectivity index (χ0n) is 8.27. The van der Waals surface area contributed by atoms with Crippen molar-refractivity contribution in [2.24, 2.45) is 0 Å². The number of rotatable bonds is 2. The van der Waals surface area contributed by atoms with Gasteiger partial charge in [-0.2, -0.15) is 4.98 Å². The minimum Gasteiger partial charge on any atom is -0.432 e. The van der Waals surface area contributed by atoms with Crippen LogP contribution in [-0.2, 0) is 0 Å². The number of carbonyl (C=O) groups excluding carboxylic acids is 1. The highest BCUT2D eigenvalue weighted by Gasteiger charge is 2.11. The third-order valence-electron chi connectivity index (χ3n) is 1.70. The first kappa shape index (κ1) is 10.6. The number of amides is 1. The molecule has 2 heterocycles. The van der Waals surface area contributed by atoms with Gasteiger partial charge >= 0.3 is 6.01 Å². The molecule has 7 heteroatoms. The third-order valence-corrected chi connectivity index (χ3v) is 1.91. The van der Waals surface area contributed by atoms with Gasteiger partial charge in [0.1, 0.15) is 6.26 Å². The van der Waals surface area contributed by atoms with Crippen LogP contribution >= 0.6 is 11.6 Å². The standard InChI is InChI=1S/C9H7ClN4O2/c1-5-4-16-9(11-5)12-8(15)6-2-3-7(10)14-13-6/h2-4H,1H3,(H,11,12,15). The molecule has 82 valence electrons. The molecule has 0 aliphatic rings. The van der Waals surface area contributed by atoms with Gasteiger partial charge in [-0.3, -0.25) is 10.1 Å². The molecule has 0 radical (unpaired) electrons. The largest absolute Gasteiger partial charge is 0.432 e. The summed E-state index contributed by atoms with van der Waals surface area (Å²) in [6.07, 6.45) is 1.43. The Labute approximate surface area is 95.7 Å². The second kappa shape index (κ2) is 4.28. The van der Waals surface area contributed by atoms with Crippen LogP contribution in [0.2, 0.25) is 5.15 Å². The Bertz CT molecular complexity index is 508. The highest BCUT2D eigenvalue weighted by Crippen LogP contribution is 2.08. The van der Waals surface area contributed by atoms with Crippen LogP contribution in [-0.4, -0.2) is 21.1 Å². The van der Waals surface area contributed by atoms with Crippen LogP contribution in [0, 0.1) is 6.92 Å². The van der Waals surface area contributed by atoms with Crippen LogP contribution in [0.15, 0.2) is 22.8 Å². The normalized spacial score (nSPS) is 10.1. The average Bonchev–Trinajstić information content (AvgIpc) is 2.65. The van der Waals surface area contributed by atoms with Crippen LogP contribution in [0.3, 0.4) is 0 Å². The number of aromatic nitrogens is 3. The number of nitrogens with one attached hydrogen (secondary N) is 1. The van der Waals surface area contributed by atoms with Gasteiger partial charge in [0.05, 0.1) is 5.69 Å². The first-order chi connectivity index (χ1) is 7.65. The smallest absolute Gasteiger partial charge is 0.301 e. The summed E-state index contributed by atoms with van der Waals surface area (Å²) in [5.41, 5.74) is 0.817. The molecular formula is C9H7ClN4O2. The van der Waals surface area contributed by atoms with Crippen LogP contribution in [0.25, 0.3) is 0 Å². The quantitative estimate of drug-likeness (QED) is 0.861. The van der Waals surface area contributed by atoms with Gasteiger partial charge in [-0.1, -0.05) is 11.6 Å². The van der Waals surface area contributed by atoms with Gasteiger partial charge in [-0.15, -0.1) is 10.2 Å². The number of oxazole rings is 1. The van der Waals surface area contributed by atoms with Crippen molar-refractivity contribution in [1.82, 2.24) is 15.2 Å². The Morgan fingerprint density at radius 1 is 1.44 bits per heavy atom. The number of halogens is 1. The lowest BCUT2D eigenvalue weighted by Gasteiger charge is -1.98. The number of hydrogen-bond donors (Lipinski definition) is 1. The molecule has 0 spiro atoms. The minimum atomic E-state index is -0.453. The lowest BCUT2D eigenvalue weighted by atomic mass is 10.4. The lowest BCUT2D eigenvalue weighted by molar-refractivity contribution is 0.101. The van der Waals surface area contributed by atoms with Gasteiger partial charge in [-0.25, -0.2) is 0 Å². The predicted molar refractivity (Wildman–Crippen MR) is 56.2 cm³/mol. The van der Waals surface area contributed by atoms with E-state index in [1.807, 2.05) is 0 Å². The fraction of sp³-hybridized carbons (Fsp3) is 0.111. The Morgan fingerprint density at radius 2 is 2.25 bits per heavy atom. The van der Waals surface area contributed by atoms with Crippen LogP contribution in [0.5, 0.6) is 0 Å². The Hall–Kier alpha value is -1.95. The fourth-order valence-electron chi connectivity index (χ4n) is 1.01. The summed E-state index contributed by atoms with van der Waals surface area (Å²) in [5.74, 6) is -0.453. The maximum absolute atomic E-state index is 11.6. The van der Waals surface area contributed by atoms with Gasteiger partial charge in [0.15, 0.2) is 10.8 Å². The molecule has 1 amide bonds. The molecule has 0 saturated carbocycles. The second-order valence-corrected chi connectivity index (χ2v) is 3.38. The van der Waals surface area contributed by atoms with E-state index in [1.165, 1.54) is 18.4 Å². The minimum absolute atomic E-state index is 0.124. The predicted octanol–water partition coefficient (Wildman–Crippen LogP) is 1.68. The summed E-state index contributed by atoms with van der Waals surface area (Å²) in [6.45, 7) is 1.75.